The first-order valence-electron chi connectivity index (χ1n) is 7.94. The van der Waals surface area contributed by atoms with E-state index < -0.39 is 11.7 Å². The van der Waals surface area contributed by atoms with Crippen molar-refractivity contribution < 1.29 is 22.7 Å². The van der Waals surface area contributed by atoms with Crippen molar-refractivity contribution in [3.63, 3.8) is 0 Å². The van der Waals surface area contributed by atoms with Gasteiger partial charge in [-0.05, 0) is 25.5 Å². The summed E-state index contributed by atoms with van der Waals surface area (Å²) >= 11 is 0. The Hall–Kier alpha value is -1.60. The standard InChI is InChI=1S/C17H23F3N2O2/c1-16(2,22-6-8-24-9-7-22)12-21-15(23)11-13-4-3-5-14(10-13)17(18,19)20/h3-5,10H,6-9,11-12H2,1-2H3,(H,21,23). The zero-order chi connectivity index (χ0) is 17.8. The molecule has 0 radical (unpaired) electrons. The summed E-state index contributed by atoms with van der Waals surface area (Å²) in [4.78, 5) is 14.3. The molecule has 1 aromatic carbocycles. The smallest absolute Gasteiger partial charge is 0.379 e. The van der Waals surface area contributed by atoms with Gasteiger partial charge in [0.1, 0.15) is 0 Å². The van der Waals surface area contributed by atoms with Crippen molar-refractivity contribution in [2.75, 3.05) is 32.8 Å². The Morgan fingerprint density at radius 2 is 1.92 bits per heavy atom. The molecule has 0 atom stereocenters. The van der Waals surface area contributed by atoms with E-state index in [1.54, 1.807) is 0 Å². The fraction of sp³-hybridized carbons (Fsp3) is 0.588. The van der Waals surface area contributed by atoms with Gasteiger partial charge in [-0.2, -0.15) is 13.2 Å². The van der Waals surface area contributed by atoms with Crippen molar-refractivity contribution in [1.82, 2.24) is 10.2 Å². The van der Waals surface area contributed by atoms with Gasteiger partial charge in [0.15, 0.2) is 0 Å². The van der Waals surface area contributed by atoms with Crippen molar-refractivity contribution in [2.24, 2.45) is 0 Å². The van der Waals surface area contributed by atoms with Crippen LogP contribution in [0.3, 0.4) is 0 Å². The van der Waals surface area contributed by atoms with E-state index in [2.05, 4.69) is 10.2 Å². The number of ether oxygens (including phenoxy) is 1. The molecule has 0 aromatic heterocycles. The van der Waals surface area contributed by atoms with Crippen LogP contribution in [-0.4, -0.2) is 49.2 Å². The molecule has 0 spiro atoms. The number of morpholine rings is 1. The highest BCUT2D eigenvalue weighted by molar-refractivity contribution is 5.78. The van der Waals surface area contributed by atoms with Crippen molar-refractivity contribution in [3.8, 4) is 0 Å². The monoisotopic (exact) mass is 344 g/mol. The number of amides is 1. The first kappa shape index (κ1) is 18.7. The van der Waals surface area contributed by atoms with Crippen LogP contribution in [-0.2, 0) is 22.1 Å². The molecular weight excluding hydrogens is 321 g/mol. The topological polar surface area (TPSA) is 41.6 Å². The lowest BCUT2D eigenvalue weighted by molar-refractivity contribution is -0.137. The summed E-state index contributed by atoms with van der Waals surface area (Å²) in [5, 5.41) is 2.82. The van der Waals surface area contributed by atoms with Crippen LogP contribution in [0.15, 0.2) is 24.3 Å². The summed E-state index contributed by atoms with van der Waals surface area (Å²) in [6.07, 6.45) is -4.46. The lowest BCUT2D eigenvalue weighted by Gasteiger charge is -2.40. The van der Waals surface area contributed by atoms with E-state index >= 15 is 0 Å². The highest BCUT2D eigenvalue weighted by Crippen LogP contribution is 2.29. The van der Waals surface area contributed by atoms with E-state index in [1.165, 1.54) is 12.1 Å². The van der Waals surface area contributed by atoms with Gasteiger partial charge < -0.3 is 10.1 Å². The summed E-state index contributed by atoms with van der Waals surface area (Å²) in [6.45, 7) is 7.44. The molecule has 1 fully saturated rings. The summed E-state index contributed by atoms with van der Waals surface area (Å²) in [7, 11) is 0. The van der Waals surface area contributed by atoms with E-state index in [-0.39, 0.29) is 17.9 Å². The Labute approximate surface area is 140 Å². The molecule has 1 aromatic rings. The fourth-order valence-electron chi connectivity index (χ4n) is 2.70. The molecule has 2 rings (SSSR count). The first-order valence-corrected chi connectivity index (χ1v) is 7.94. The number of carbonyl (C=O) groups is 1. The first-order chi connectivity index (χ1) is 11.2. The Morgan fingerprint density at radius 1 is 1.25 bits per heavy atom. The van der Waals surface area contributed by atoms with Gasteiger partial charge in [0.2, 0.25) is 5.91 Å². The molecule has 1 N–H and O–H groups in total. The second kappa shape index (κ2) is 7.53. The van der Waals surface area contributed by atoms with Gasteiger partial charge in [-0.3, -0.25) is 9.69 Å². The maximum absolute atomic E-state index is 12.7. The summed E-state index contributed by atoms with van der Waals surface area (Å²) < 4.78 is 43.4. The summed E-state index contributed by atoms with van der Waals surface area (Å²) in [6, 6.07) is 4.88. The van der Waals surface area contributed by atoms with E-state index in [9.17, 15) is 18.0 Å². The van der Waals surface area contributed by atoms with Crippen LogP contribution in [0.25, 0.3) is 0 Å². The molecule has 1 saturated heterocycles. The van der Waals surface area contributed by atoms with Gasteiger partial charge >= 0.3 is 6.18 Å². The number of nitrogens with zero attached hydrogens (tertiary/aromatic N) is 1. The Bertz CT molecular complexity index is 567. The molecule has 0 saturated carbocycles. The van der Waals surface area contributed by atoms with Gasteiger partial charge in [-0.1, -0.05) is 18.2 Å². The minimum absolute atomic E-state index is 0.0664. The minimum atomic E-state index is -4.40. The molecule has 1 heterocycles. The van der Waals surface area contributed by atoms with Crippen LogP contribution >= 0.6 is 0 Å². The summed E-state index contributed by atoms with van der Waals surface area (Å²) in [5.74, 6) is -0.282. The number of hydrogen-bond acceptors (Lipinski definition) is 3. The van der Waals surface area contributed by atoms with Crippen molar-refractivity contribution in [1.29, 1.82) is 0 Å². The van der Waals surface area contributed by atoms with Gasteiger partial charge in [0.25, 0.3) is 0 Å². The number of halogens is 3. The number of alkyl halides is 3. The third-order valence-corrected chi connectivity index (χ3v) is 4.20. The van der Waals surface area contributed by atoms with Crippen molar-refractivity contribution in [2.45, 2.75) is 32.0 Å². The van der Waals surface area contributed by atoms with Crippen LogP contribution in [0.4, 0.5) is 13.2 Å². The Balaban J connectivity index is 1.89. The normalized spacial score (nSPS) is 16.9. The summed E-state index contributed by atoms with van der Waals surface area (Å²) in [5.41, 5.74) is -0.610. The molecule has 4 nitrogen and oxygen atoms in total. The van der Waals surface area contributed by atoms with Crippen LogP contribution in [0.1, 0.15) is 25.0 Å². The highest BCUT2D eigenvalue weighted by Gasteiger charge is 2.31. The van der Waals surface area contributed by atoms with Crippen LogP contribution in [0.2, 0.25) is 0 Å². The van der Waals surface area contributed by atoms with Gasteiger partial charge in [0, 0.05) is 25.2 Å². The number of benzene rings is 1. The molecule has 0 bridgehead atoms. The fourth-order valence-corrected chi connectivity index (χ4v) is 2.70. The number of carbonyl (C=O) groups excluding carboxylic acids is 1. The molecule has 24 heavy (non-hydrogen) atoms. The number of hydrogen-bond donors (Lipinski definition) is 1. The second-order valence-corrected chi connectivity index (χ2v) is 6.56. The van der Waals surface area contributed by atoms with Crippen molar-refractivity contribution in [3.05, 3.63) is 35.4 Å². The van der Waals surface area contributed by atoms with Gasteiger partial charge in [-0.25, -0.2) is 0 Å². The quantitative estimate of drug-likeness (QED) is 0.892. The molecule has 0 unspecified atom stereocenters. The number of nitrogens with one attached hydrogen (secondary N) is 1. The molecule has 134 valence electrons. The Kier molecular flexibility index (Phi) is 5.87. The zero-order valence-corrected chi connectivity index (χ0v) is 13.9. The molecule has 1 aliphatic heterocycles. The van der Waals surface area contributed by atoms with Gasteiger partial charge in [0.05, 0.1) is 25.2 Å². The average Bonchev–Trinajstić information content (AvgIpc) is 2.53. The molecule has 1 aliphatic rings. The van der Waals surface area contributed by atoms with Crippen LogP contribution < -0.4 is 5.32 Å². The lowest BCUT2D eigenvalue weighted by atomic mass is 10.0. The maximum Gasteiger partial charge on any atom is 0.416 e. The molecule has 1 amide bonds. The highest BCUT2D eigenvalue weighted by atomic mass is 19.4. The second-order valence-electron chi connectivity index (χ2n) is 6.56. The third kappa shape index (κ3) is 5.21. The predicted molar refractivity (Wildman–Crippen MR) is 84.6 cm³/mol. The van der Waals surface area contributed by atoms with Crippen LogP contribution in [0, 0.1) is 0 Å². The third-order valence-electron chi connectivity index (χ3n) is 4.20. The van der Waals surface area contributed by atoms with E-state index in [0.29, 0.717) is 25.3 Å². The lowest BCUT2D eigenvalue weighted by Crippen LogP contribution is -2.55. The van der Waals surface area contributed by atoms with E-state index in [0.717, 1.165) is 25.2 Å². The number of rotatable bonds is 5. The van der Waals surface area contributed by atoms with Crippen molar-refractivity contribution >= 4 is 5.91 Å². The molecule has 0 aliphatic carbocycles. The predicted octanol–water partition coefficient (Wildman–Crippen LogP) is 2.47. The Morgan fingerprint density at radius 3 is 2.54 bits per heavy atom. The largest absolute Gasteiger partial charge is 0.416 e. The molecular formula is C17H23F3N2O2. The minimum Gasteiger partial charge on any atom is -0.379 e. The SMILES string of the molecule is CC(C)(CNC(=O)Cc1cccc(C(F)(F)F)c1)N1CCOCC1. The zero-order valence-electron chi connectivity index (χ0n) is 13.9. The van der Waals surface area contributed by atoms with Crippen LogP contribution in [0.5, 0.6) is 0 Å². The van der Waals surface area contributed by atoms with E-state index in [1.807, 2.05) is 13.8 Å². The average molecular weight is 344 g/mol. The van der Waals surface area contributed by atoms with E-state index in [4.69, 9.17) is 4.74 Å². The maximum atomic E-state index is 12.7. The molecule has 7 heteroatoms. The van der Waals surface area contributed by atoms with Gasteiger partial charge in [-0.15, -0.1) is 0 Å².